The van der Waals surface area contributed by atoms with Crippen LogP contribution in [-0.4, -0.2) is 4.98 Å². The maximum atomic E-state index is 5.35. The van der Waals surface area contributed by atoms with Gasteiger partial charge in [0.2, 0.25) is 0 Å². The molecule has 0 aliphatic heterocycles. The Morgan fingerprint density at radius 1 is 1.56 bits per heavy atom. The highest BCUT2D eigenvalue weighted by Crippen LogP contribution is 1.98. The molecule has 0 spiro atoms. The first-order valence-corrected chi connectivity index (χ1v) is 2.51. The molecule has 0 saturated heterocycles. The number of hydrogen-bond acceptors (Lipinski definition) is 2. The molecule has 1 aromatic rings. The summed E-state index contributed by atoms with van der Waals surface area (Å²) in [7, 11) is 0. The number of nitrogens with zero attached hydrogens (tertiary/aromatic N) is 1. The molecule has 2 heteroatoms. The van der Waals surface area contributed by atoms with Crippen LogP contribution in [0.4, 0.5) is 5.69 Å². The summed E-state index contributed by atoms with van der Waals surface area (Å²) in [5.41, 5.74) is 6.60. The van der Waals surface area contributed by atoms with Crippen molar-refractivity contribution in [2.45, 2.75) is 0 Å². The van der Waals surface area contributed by atoms with E-state index in [1.807, 2.05) is 0 Å². The highest BCUT2D eigenvalue weighted by molar-refractivity contribution is 5.38. The van der Waals surface area contributed by atoms with Gasteiger partial charge in [-0.1, -0.05) is 5.92 Å². The average Bonchev–Trinajstić information content (AvgIpc) is 1.90. The number of terminal acetylenes is 1. The molecule has 0 atom stereocenters. The van der Waals surface area contributed by atoms with Crippen LogP contribution in [0.1, 0.15) is 5.69 Å². The molecule has 1 heterocycles. The number of aromatic nitrogens is 1. The number of nitrogens with two attached hydrogens (primary N) is 1. The van der Waals surface area contributed by atoms with Gasteiger partial charge in [-0.3, -0.25) is 0 Å². The lowest BCUT2D eigenvalue weighted by Crippen LogP contribution is -1.86. The summed E-state index contributed by atoms with van der Waals surface area (Å²) < 4.78 is 0. The Balaban J connectivity index is 3.06. The molecule has 9 heavy (non-hydrogen) atoms. The lowest BCUT2D eigenvalue weighted by Gasteiger charge is -1.89. The van der Waals surface area contributed by atoms with Crippen LogP contribution in [0, 0.1) is 12.3 Å². The van der Waals surface area contributed by atoms with Crippen LogP contribution in [0.5, 0.6) is 0 Å². The quantitative estimate of drug-likeness (QED) is 0.508. The van der Waals surface area contributed by atoms with E-state index in [9.17, 15) is 0 Å². The molecule has 0 radical (unpaired) electrons. The molecule has 0 fully saturated rings. The van der Waals surface area contributed by atoms with Gasteiger partial charge in [-0.15, -0.1) is 6.42 Å². The van der Waals surface area contributed by atoms with Crippen molar-refractivity contribution in [1.29, 1.82) is 0 Å². The van der Waals surface area contributed by atoms with Crippen LogP contribution in [0.3, 0.4) is 0 Å². The van der Waals surface area contributed by atoms with Gasteiger partial charge in [-0.25, -0.2) is 4.98 Å². The molecule has 0 unspecified atom stereocenters. The number of rotatable bonds is 0. The third-order valence-corrected chi connectivity index (χ3v) is 0.934. The van der Waals surface area contributed by atoms with Crippen molar-refractivity contribution in [1.82, 2.24) is 4.98 Å². The number of anilines is 1. The lowest BCUT2D eigenvalue weighted by atomic mass is 10.3. The van der Waals surface area contributed by atoms with Crippen molar-refractivity contribution >= 4 is 5.69 Å². The zero-order chi connectivity index (χ0) is 6.69. The Hall–Kier alpha value is -1.49. The lowest BCUT2D eigenvalue weighted by molar-refractivity contribution is 1.29. The second-order valence-corrected chi connectivity index (χ2v) is 1.62. The van der Waals surface area contributed by atoms with Gasteiger partial charge >= 0.3 is 0 Å². The molecule has 1 rings (SSSR count). The van der Waals surface area contributed by atoms with Crippen LogP contribution >= 0.6 is 0 Å². The largest absolute Gasteiger partial charge is 0.397 e. The smallest absolute Gasteiger partial charge is 0.113 e. The van der Waals surface area contributed by atoms with Gasteiger partial charge in [0.1, 0.15) is 5.69 Å². The monoisotopic (exact) mass is 118 g/mol. The van der Waals surface area contributed by atoms with Crippen molar-refractivity contribution in [2.75, 3.05) is 5.73 Å². The van der Waals surface area contributed by atoms with Gasteiger partial charge in [-0.05, 0) is 12.1 Å². The van der Waals surface area contributed by atoms with Crippen molar-refractivity contribution < 1.29 is 0 Å². The first-order valence-electron chi connectivity index (χ1n) is 2.51. The van der Waals surface area contributed by atoms with Crippen molar-refractivity contribution in [2.24, 2.45) is 0 Å². The molecule has 2 nitrogen and oxygen atoms in total. The Morgan fingerprint density at radius 3 is 2.78 bits per heavy atom. The fourth-order valence-corrected chi connectivity index (χ4v) is 0.491. The summed E-state index contributed by atoms with van der Waals surface area (Å²) in [5, 5.41) is 0. The fourth-order valence-electron chi connectivity index (χ4n) is 0.491. The minimum atomic E-state index is 0.615. The summed E-state index contributed by atoms with van der Waals surface area (Å²) in [5.74, 6) is 2.39. The van der Waals surface area contributed by atoms with E-state index in [1.165, 1.54) is 6.20 Å². The van der Waals surface area contributed by atoms with Crippen molar-refractivity contribution in [3.8, 4) is 12.3 Å². The average molecular weight is 118 g/mol. The molecular weight excluding hydrogens is 112 g/mol. The second-order valence-electron chi connectivity index (χ2n) is 1.62. The SMILES string of the molecule is C#Cc1ccc(N)cn1. The van der Waals surface area contributed by atoms with Gasteiger partial charge in [0.05, 0.1) is 11.9 Å². The maximum absolute atomic E-state index is 5.35. The minimum Gasteiger partial charge on any atom is -0.397 e. The maximum Gasteiger partial charge on any atom is 0.113 e. The van der Waals surface area contributed by atoms with Gasteiger partial charge in [-0.2, -0.15) is 0 Å². The second kappa shape index (κ2) is 2.19. The standard InChI is InChI=1S/C7H6N2/c1-2-7-4-3-6(8)5-9-7/h1,3-5H,8H2. The zero-order valence-electron chi connectivity index (χ0n) is 4.83. The molecule has 1 aromatic heterocycles. The predicted octanol–water partition coefficient (Wildman–Crippen LogP) is 0.645. The van der Waals surface area contributed by atoms with E-state index in [4.69, 9.17) is 12.2 Å². The zero-order valence-corrected chi connectivity index (χ0v) is 4.83. The highest BCUT2D eigenvalue weighted by Gasteiger charge is 1.84. The van der Waals surface area contributed by atoms with Gasteiger partial charge in [0.25, 0.3) is 0 Å². The molecule has 0 aliphatic carbocycles. The number of hydrogen-bond donors (Lipinski definition) is 1. The first-order chi connectivity index (χ1) is 4.33. The van der Waals surface area contributed by atoms with Gasteiger partial charge in [0.15, 0.2) is 0 Å². The van der Waals surface area contributed by atoms with Crippen LogP contribution in [-0.2, 0) is 0 Å². The summed E-state index contributed by atoms with van der Waals surface area (Å²) in [6, 6.07) is 3.43. The Kier molecular flexibility index (Phi) is 1.37. The highest BCUT2D eigenvalue weighted by atomic mass is 14.7. The van der Waals surface area contributed by atoms with E-state index in [0.717, 1.165) is 0 Å². The van der Waals surface area contributed by atoms with E-state index in [-0.39, 0.29) is 0 Å². The Bertz CT molecular complexity index is 230. The van der Waals surface area contributed by atoms with Crippen molar-refractivity contribution in [3.63, 3.8) is 0 Å². The molecule has 0 saturated carbocycles. The molecule has 0 aromatic carbocycles. The van der Waals surface area contributed by atoms with E-state index >= 15 is 0 Å². The Morgan fingerprint density at radius 2 is 2.33 bits per heavy atom. The third-order valence-electron chi connectivity index (χ3n) is 0.934. The summed E-state index contributed by atoms with van der Waals surface area (Å²) in [4.78, 5) is 3.84. The fraction of sp³-hybridized carbons (Fsp3) is 0. The predicted molar refractivity (Wildman–Crippen MR) is 36.6 cm³/mol. The number of nitrogen functional groups attached to an aromatic ring is 1. The molecule has 2 N–H and O–H groups in total. The van der Waals surface area contributed by atoms with Crippen LogP contribution in [0.2, 0.25) is 0 Å². The van der Waals surface area contributed by atoms with Gasteiger partial charge in [0, 0.05) is 0 Å². The van der Waals surface area contributed by atoms with Crippen molar-refractivity contribution in [3.05, 3.63) is 24.0 Å². The molecule has 0 bridgehead atoms. The minimum absolute atomic E-state index is 0.615. The van der Waals surface area contributed by atoms with Crippen LogP contribution in [0.15, 0.2) is 18.3 Å². The van der Waals surface area contributed by atoms with Gasteiger partial charge < -0.3 is 5.73 Å². The summed E-state index contributed by atoms with van der Waals surface area (Å²) >= 11 is 0. The van der Waals surface area contributed by atoms with E-state index in [1.54, 1.807) is 12.1 Å². The topological polar surface area (TPSA) is 38.9 Å². The number of pyridine rings is 1. The summed E-state index contributed by atoms with van der Waals surface area (Å²) in [6.45, 7) is 0. The molecule has 44 valence electrons. The summed E-state index contributed by atoms with van der Waals surface area (Å²) in [6.07, 6.45) is 6.58. The van der Waals surface area contributed by atoms with E-state index in [0.29, 0.717) is 11.4 Å². The van der Waals surface area contributed by atoms with Crippen LogP contribution in [0.25, 0.3) is 0 Å². The normalized spacial score (nSPS) is 8.33. The third kappa shape index (κ3) is 1.20. The Labute approximate surface area is 53.7 Å². The molecular formula is C7H6N2. The molecule has 0 amide bonds. The van der Waals surface area contributed by atoms with Crippen LogP contribution < -0.4 is 5.73 Å². The van der Waals surface area contributed by atoms with E-state index in [2.05, 4.69) is 10.9 Å². The molecule has 0 aliphatic rings. The van der Waals surface area contributed by atoms with E-state index < -0.39 is 0 Å². The first kappa shape index (κ1) is 5.64.